The van der Waals surface area contributed by atoms with Gasteiger partial charge in [-0.1, -0.05) is 13.8 Å². The van der Waals surface area contributed by atoms with Gasteiger partial charge in [0, 0.05) is 0 Å². The Balaban J connectivity index is 3.11. The molecule has 0 fully saturated rings. The van der Waals surface area contributed by atoms with Crippen LogP contribution in [0.25, 0.3) is 0 Å². The van der Waals surface area contributed by atoms with Crippen LogP contribution in [0.1, 0.15) is 48.9 Å². The molecule has 0 aliphatic heterocycles. The van der Waals surface area contributed by atoms with Crippen molar-refractivity contribution in [3.63, 3.8) is 0 Å². The van der Waals surface area contributed by atoms with Gasteiger partial charge in [0.25, 0.3) is 0 Å². The van der Waals surface area contributed by atoms with Crippen LogP contribution in [-0.4, -0.2) is 20.9 Å². The molecule has 0 saturated heterocycles. The lowest BCUT2D eigenvalue weighted by atomic mass is 10.2. The number of carboxylic acid groups (broad SMARTS) is 1. The molecule has 1 rings (SSSR count). The lowest BCUT2D eigenvalue weighted by molar-refractivity contribution is 0.0679. The first-order valence-electron chi connectivity index (χ1n) is 4.89. The second-order valence-corrected chi connectivity index (χ2v) is 3.39. The van der Waals surface area contributed by atoms with Gasteiger partial charge in [0.15, 0.2) is 0 Å². The van der Waals surface area contributed by atoms with Crippen LogP contribution in [0.3, 0.4) is 0 Å². The fourth-order valence-corrected chi connectivity index (χ4v) is 1.59. The van der Waals surface area contributed by atoms with Gasteiger partial charge in [0.2, 0.25) is 0 Å². The van der Waals surface area contributed by atoms with Gasteiger partial charge in [0.05, 0.1) is 11.7 Å². The highest BCUT2D eigenvalue weighted by Gasteiger charge is 2.17. The quantitative estimate of drug-likeness (QED) is 0.803. The third kappa shape index (κ3) is 1.95. The van der Waals surface area contributed by atoms with Crippen LogP contribution in [0, 0.1) is 6.92 Å². The number of rotatable bonds is 4. The zero-order valence-electron chi connectivity index (χ0n) is 8.82. The number of carbonyl (C=O) groups is 1. The van der Waals surface area contributed by atoms with E-state index in [1.165, 1.54) is 0 Å². The maximum absolute atomic E-state index is 10.9. The first-order valence-corrected chi connectivity index (χ1v) is 4.89. The third-order valence-electron chi connectivity index (χ3n) is 2.37. The first-order chi connectivity index (χ1) is 6.60. The average Bonchev–Trinajstić information content (AvgIpc) is 2.50. The molecule has 0 amide bonds. The Kier molecular flexibility index (Phi) is 3.28. The van der Waals surface area contributed by atoms with Crippen molar-refractivity contribution in [3.8, 4) is 0 Å². The Hall–Kier alpha value is -1.32. The largest absolute Gasteiger partial charge is 0.477 e. The molecule has 4 nitrogen and oxygen atoms in total. The summed E-state index contributed by atoms with van der Waals surface area (Å²) < 4.78 is 1.62. The molecular weight excluding hydrogens is 180 g/mol. The molecule has 1 N–H and O–H groups in total. The van der Waals surface area contributed by atoms with Crippen LogP contribution in [0.2, 0.25) is 0 Å². The van der Waals surface area contributed by atoms with Crippen LogP contribution in [0.4, 0.5) is 0 Å². The summed E-state index contributed by atoms with van der Waals surface area (Å²) in [5, 5.41) is 13.2. The maximum atomic E-state index is 10.9. The van der Waals surface area contributed by atoms with Crippen molar-refractivity contribution in [2.45, 2.75) is 39.7 Å². The second kappa shape index (κ2) is 4.26. The van der Waals surface area contributed by atoms with Gasteiger partial charge < -0.3 is 5.11 Å². The van der Waals surface area contributed by atoms with E-state index in [1.54, 1.807) is 10.7 Å². The standard InChI is InChI=1S/C10H16N2O2/c1-4-8(5-2)12-9(10(13)14)6-7(3)11-12/h6,8H,4-5H2,1-3H3,(H,13,14). The van der Waals surface area contributed by atoms with Crippen molar-refractivity contribution < 1.29 is 9.90 Å². The van der Waals surface area contributed by atoms with Crippen molar-refractivity contribution in [1.82, 2.24) is 9.78 Å². The van der Waals surface area contributed by atoms with E-state index >= 15 is 0 Å². The summed E-state index contributed by atoms with van der Waals surface area (Å²) in [5.41, 5.74) is 1.05. The average molecular weight is 196 g/mol. The smallest absolute Gasteiger partial charge is 0.354 e. The molecule has 4 heteroatoms. The predicted molar refractivity (Wildman–Crippen MR) is 53.5 cm³/mol. The van der Waals surface area contributed by atoms with Gasteiger partial charge >= 0.3 is 5.97 Å². The van der Waals surface area contributed by atoms with Gasteiger partial charge in [-0.2, -0.15) is 5.10 Å². The van der Waals surface area contributed by atoms with Gasteiger partial charge in [-0.15, -0.1) is 0 Å². The van der Waals surface area contributed by atoms with E-state index in [0.29, 0.717) is 0 Å². The van der Waals surface area contributed by atoms with Crippen molar-refractivity contribution in [1.29, 1.82) is 0 Å². The summed E-state index contributed by atoms with van der Waals surface area (Å²) >= 11 is 0. The topological polar surface area (TPSA) is 55.1 Å². The van der Waals surface area contributed by atoms with Crippen molar-refractivity contribution in [3.05, 3.63) is 17.5 Å². The normalized spacial score (nSPS) is 10.9. The Morgan fingerprint density at radius 3 is 2.57 bits per heavy atom. The highest BCUT2D eigenvalue weighted by Crippen LogP contribution is 2.18. The zero-order chi connectivity index (χ0) is 10.7. The molecule has 0 spiro atoms. The minimum Gasteiger partial charge on any atom is -0.477 e. The molecule has 0 unspecified atom stereocenters. The molecule has 0 atom stereocenters. The van der Waals surface area contributed by atoms with Gasteiger partial charge in [-0.25, -0.2) is 4.79 Å². The zero-order valence-corrected chi connectivity index (χ0v) is 8.82. The van der Waals surface area contributed by atoms with Gasteiger partial charge in [-0.05, 0) is 25.8 Å². The molecule has 0 aliphatic carbocycles. The number of aromatic nitrogens is 2. The number of nitrogens with zero attached hydrogens (tertiary/aromatic N) is 2. The molecule has 1 aromatic rings. The van der Waals surface area contributed by atoms with Crippen molar-refractivity contribution >= 4 is 5.97 Å². The maximum Gasteiger partial charge on any atom is 0.354 e. The molecule has 78 valence electrons. The summed E-state index contributed by atoms with van der Waals surface area (Å²) in [6.07, 6.45) is 1.80. The fourth-order valence-electron chi connectivity index (χ4n) is 1.59. The molecule has 1 heterocycles. The molecule has 14 heavy (non-hydrogen) atoms. The summed E-state index contributed by atoms with van der Waals surface area (Å²) in [6.45, 7) is 5.89. The van der Waals surface area contributed by atoms with Crippen LogP contribution in [-0.2, 0) is 0 Å². The molecule has 0 bridgehead atoms. The van der Waals surface area contributed by atoms with E-state index in [1.807, 2.05) is 20.8 Å². The fraction of sp³-hybridized carbons (Fsp3) is 0.600. The highest BCUT2D eigenvalue weighted by molar-refractivity contribution is 5.85. The van der Waals surface area contributed by atoms with E-state index in [9.17, 15) is 4.79 Å². The van der Waals surface area contributed by atoms with Crippen molar-refractivity contribution in [2.24, 2.45) is 0 Å². The molecule has 0 radical (unpaired) electrons. The van der Waals surface area contributed by atoms with E-state index in [4.69, 9.17) is 5.11 Å². The Morgan fingerprint density at radius 1 is 1.57 bits per heavy atom. The Bertz CT molecular complexity index is 327. The number of carboxylic acids is 1. The van der Waals surface area contributed by atoms with Crippen molar-refractivity contribution in [2.75, 3.05) is 0 Å². The van der Waals surface area contributed by atoms with E-state index in [-0.39, 0.29) is 11.7 Å². The molecule has 1 aromatic heterocycles. The monoisotopic (exact) mass is 196 g/mol. The second-order valence-electron chi connectivity index (χ2n) is 3.39. The lowest BCUT2D eigenvalue weighted by Crippen LogP contribution is -2.15. The van der Waals surface area contributed by atoms with Gasteiger partial charge in [-0.3, -0.25) is 4.68 Å². The minimum absolute atomic E-state index is 0.190. The summed E-state index contributed by atoms with van der Waals surface area (Å²) in [5.74, 6) is -0.905. The van der Waals surface area contributed by atoms with Gasteiger partial charge in [0.1, 0.15) is 5.69 Å². The molecular formula is C10H16N2O2. The Morgan fingerprint density at radius 2 is 2.14 bits per heavy atom. The molecule has 0 aromatic carbocycles. The predicted octanol–water partition coefficient (Wildman–Crippen LogP) is 2.25. The minimum atomic E-state index is -0.905. The molecule has 0 saturated carbocycles. The van der Waals surface area contributed by atoms with Crippen LogP contribution < -0.4 is 0 Å². The van der Waals surface area contributed by atoms with E-state index in [2.05, 4.69) is 5.10 Å². The summed E-state index contributed by atoms with van der Waals surface area (Å²) in [4.78, 5) is 10.9. The SMILES string of the molecule is CCC(CC)n1nc(C)cc1C(=O)O. The first kappa shape index (κ1) is 10.8. The summed E-state index contributed by atoms with van der Waals surface area (Å²) in [7, 11) is 0. The third-order valence-corrected chi connectivity index (χ3v) is 2.37. The molecule has 0 aliphatic rings. The van der Waals surface area contributed by atoms with Crippen LogP contribution in [0.15, 0.2) is 6.07 Å². The summed E-state index contributed by atoms with van der Waals surface area (Å²) in [6, 6.07) is 1.80. The van der Waals surface area contributed by atoms with Crippen LogP contribution in [0.5, 0.6) is 0 Å². The Labute approximate surface area is 83.5 Å². The number of aromatic carboxylic acids is 1. The number of hydrogen-bond donors (Lipinski definition) is 1. The van der Waals surface area contributed by atoms with Crippen LogP contribution >= 0.6 is 0 Å². The van der Waals surface area contributed by atoms with E-state index in [0.717, 1.165) is 18.5 Å². The lowest BCUT2D eigenvalue weighted by Gasteiger charge is -2.14. The van der Waals surface area contributed by atoms with E-state index < -0.39 is 5.97 Å². The highest BCUT2D eigenvalue weighted by atomic mass is 16.4. The number of aryl methyl sites for hydroxylation is 1. The number of hydrogen-bond acceptors (Lipinski definition) is 2.